The van der Waals surface area contributed by atoms with E-state index in [0.29, 0.717) is 12.0 Å². The highest BCUT2D eigenvalue weighted by Crippen LogP contribution is 2.33. The summed E-state index contributed by atoms with van der Waals surface area (Å²) in [5, 5.41) is 3.71. The van der Waals surface area contributed by atoms with Gasteiger partial charge in [0.15, 0.2) is 0 Å². The Labute approximate surface area is 99.3 Å². The minimum absolute atomic E-state index is 0.689. The summed E-state index contributed by atoms with van der Waals surface area (Å²) in [7, 11) is 0. The van der Waals surface area contributed by atoms with Crippen molar-refractivity contribution < 1.29 is 0 Å². The number of rotatable bonds is 4. The first-order chi connectivity index (χ1) is 7.86. The first-order valence-electron chi connectivity index (χ1n) is 6.65. The summed E-state index contributed by atoms with van der Waals surface area (Å²) in [5.74, 6) is 1.55. The highest BCUT2D eigenvalue weighted by molar-refractivity contribution is 5.22. The van der Waals surface area contributed by atoms with Gasteiger partial charge in [0.1, 0.15) is 0 Å². The first-order valence-corrected chi connectivity index (χ1v) is 6.65. The Kier molecular flexibility index (Phi) is 4.00. The van der Waals surface area contributed by atoms with E-state index in [9.17, 15) is 0 Å². The maximum atomic E-state index is 3.71. The molecule has 1 heteroatoms. The molecule has 1 aromatic rings. The van der Waals surface area contributed by atoms with Crippen molar-refractivity contribution in [3.05, 3.63) is 35.9 Å². The lowest BCUT2D eigenvalue weighted by Gasteiger charge is -2.28. The van der Waals surface area contributed by atoms with Crippen LogP contribution in [0.2, 0.25) is 0 Å². The van der Waals surface area contributed by atoms with Gasteiger partial charge in [0.25, 0.3) is 0 Å². The monoisotopic (exact) mass is 217 g/mol. The van der Waals surface area contributed by atoms with Gasteiger partial charge < -0.3 is 5.32 Å². The Bertz CT molecular complexity index is 306. The molecule has 0 aromatic heterocycles. The Morgan fingerprint density at radius 2 is 2.00 bits per heavy atom. The fraction of sp³-hybridized carbons (Fsp3) is 0.600. The average molecular weight is 217 g/mol. The van der Waals surface area contributed by atoms with Crippen molar-refractivity contribution >= 4 is 0 Å². The molecule has 1 nitrogen and oxygen atoms in total. The van der Waals surface area contributed by atoms with E-state index < -0.39 is 0 Å². The van der Waals surface area contributed by atoms with Gasteiger partial charge in [-0.2, -0.15) is 0 Å². The summed E-state index contributed by atoms with van der Waals surface area (Å²) >= 11 is 0. The quantitative estimate of drug-likeness (QED) is 0.813. The molecule has 88 valence electrons. The van der Waals surface area contributed by atoms with Crippen molar-refractivity contribution in [3.63, 3.8) is 0 Å². The van der Waals surface area contributed by atoms with Gasteiger partial charge in [0, 0.05) is 6.04 Å². The van der Waals surface area contributed by atoms with Gasteiger partial charge in [-0.15, -0.1) is 0 Å². The van der Waals surface area contributed by atoms with Crippen molar-refractivity contribution in [2.24, 2.45) is 5.92 Å². The summed E-state index contributed by atoms with van der Waals surface area (Å²) in [6, 6.07) is 11.7. The molecule has 2 rings (SSSR count). The maximum Gasteiger partial charge on any atom is 0.0164 e. The topological polar surface area (TPSA) is 12.0 Å². The van der Waals surface area contributed by atoms with E-state index in [1.165, 1.54) is 31.4 Å². The van der Waals surface area contributed by atoms with Crippen LogP contribution < -0.4 is 5.32 Å². The largest absolute Gasteiger partial charge is 0.313 e. The molecule has 1 saturated heterocycles. The Morgan fingerprint density at radius 1 is 1.25 bits per heavy atom. The molecule has 16 heavy (non-hydrogen) atoms. The zero-order valence-corrected chi connectivity index (χ0v) is 10.4. The molecule has 0 radical (unpaired) electrons. The maximum absolute atomic E-state index is 3.71. The van der Waals surface area contributed by atoms with Gasteiger partial charge >= 0.3 is 0 Å². The first kappa shape index (κ1) is 11.7. The van der Waals surface area contributed by atoms with Crippen LogP contribution >= 0.6 is 0 Å². The summed E-state index contributed by atoms with van der Waals surface area (Å²) in [4.78, 5) is 0. The van der Waals surface area contributed by atoms with Crippen molar-refractivity contribution in [1.82, 2.24) is 5.32 Å². The van der Waals surface area contributed by atoms with Gasteiger partial charge in [-0.3, -0.25) is 0 Å². The lowest BCUT2D eigenvalue weighted by Crippen LogP contribution is -2.33. The van der Waals surface area contributed by atoms with Crippen LogP contribution in [0.4, 0.5) is 0 Å². The second-order valence-corrected chi connectivity index (χ2v) is 4.86. The molecule has 0 spiro atoms. The highest BCUT2D eigenvalue weighted by atomic mass is 15.0. The van der Waals surface area contributed by atoms with Gasteiger partial charge in [0.2, 0.25) is 0 Å². The summed E-state index contributed by atoms with van der Waals surface area (Å²) in [5.41, 5.74) is 1.50. The van der Waals surface area contributed by atoms with Gasteiger partial charge in [-0.25, -0.2) is 0 Å². The molecule has 0 bridgehead atoms. The third-order valence-electron chi connectivity index (χ3n) is 4.03. The van der Waals surface area contributed by atoms with Crippen LogP contribution in [0.15, 0.2) is 30.3 Å². The Morgan fingerprint density at radius 3 is 2.62 bits per heavy atom. The molecule has 1 aliphatic rings. The lowest BCUT2D eigenvalue weighted by molar-refractivity contribution is 0.367. The smallest absolute Gasteiger partial charge is 0.0164 e. The van der Waals surface area contributed by atoms with Gasteiger partial charge in [0.05, 0.1) is 0 Å². The molecule has 1 aromatic carbocycles. The Balaban J connectivity index is 2.16. The van der Waals surface area contributed by atoms with E-state index in [2.05, 4.69) is 49.5 Å². The van der Waals surface area contributed by atoms with E-state index in [-0.39, 0.29) is 0 Å². The molecule has 0 aliphatic carbocycles. The minimum atomic E-state index is 0.689. The molecule has 3 atom stereocenters. The number of benzene rings is 1. The number of hydrogen-bond acceptors (Lipinski definition) is 1. The summed E-state index contributed by atoms with van der Waals surface area (Å²) in [6.45, 7) is 5.83. The normalized spacial score (nSPS) is 26.9. The molecule has 0 amide bonds. The van der Waals surface area contributed by atoms with Crippen LogP contribution in [0.5, 0.6) is 0 Å². The van der Waals surface area contributed by atoms with Crippen molar-refractivity contribution in [1.29, 1.82) is 0 Å². The standard InChI is InChI=1S/C15H23N/c1-3-12-10-11-16-15(12)14(4-2)13-8-6-5-7-9-13/h5-9,12,14-16H,3-4,10-11H2,1-2H3/t12-,14+,15+/m1/s1. The Hall–Kier alpha value is -0.820. The zero-order valence-electron chi connectivity index (χ0n) is 10.4. The van der Waals surface area contributed by atoms with Crippen LogP contribution in [0.1, 0.15) is 44.6 Å². The van der Waals surface area contributed by atoms with E-state index in [1.54, 1.807) is 0 Å². The highest BCUT2D eigenvalue weighted by Gasteiger charge is 2.31. The molecular weight excluding hydrogens is 194 g/mol. The van der Waals surface area contributed by atoms with Crippen LogP contribution in [0.25, 0.3) is 0 Å². The van der Waals surface area contributed by atoms with E-state index >= 15 is 0 Å². The average Bonchev–Trinajstić information content (AvgIpc) is 2.80. The summed E-state index contributed by atoms with van der Waals surface area (Å²) < 4.78 is 0. The van der Waals surface area contributed by atoms with E-state index in [4.69, 9.17) is 0 Å². The zero-order chi connectivity index (χ0) is 11.4. The second-order valence-electron chi connectivity index (χ2n) is 4.86. The van der Waals surface area contributed by atoms with Crippen molar-refractivity contribution in [2.45, 2.75) is 45.1 Å². The molecule has 1 fully saturated rings. The van der Waals surface area contributed by atoms with Crippen LogP contribution in [0, 0.1) is 5.92 Å². The van der Waals surface area contributed by atoms with Crippen molar-refractivity contribution in [2.75, 3.05) is 6.54 Å². The molecule has 1 aliphatic heterocycles. The van der Waals surface area contributed by atoms with Gasteiger partial charge in [-0.1, -0.05) is 50.6 Å². The fourth-order valence-electron chi connectivity index (χ4n) is 3.11. The van der Waals surface area contributed by atoms with E-state index in [1.807, 2.05) is 0 Å². The molecule has 0 unspecified atom stereocenters. The van der Waals surface area contributed by atoms with Crippen LogP contribution in [-0.4, -0.2) is 12.6 Å². The SMILES string of the molecule is CC[C@@H]1CCN[C@@H]1[C@@H](CC)c1ccccc1. The van der Waals surface area contributed by atoms with Crippen molar-refractivity contribution in [3.8, 4) is 0 Å². The van der Waals surface area contributed by atoms with Gasteiger partial charge in [-0.05, 0) is 36.8 Å². The fourth-order valence-corrected chi connectivity index (χ4v) is 3.11. The van der Waals surface area contributed by atoms with Crippen LogP contribution in [-0.2, 0) is 0 Å². The van der Waals surface area contributed by atoms with E-state index in [0.717, 1.165) is 5.92 Å². The third kappa shape index (κ3) is 2.30. The lowest BCUT2D eigenvalue weighted by atomic mass is 9.82. The molecule has 1 N–H and O–H groups in total. The number of hydrogen-bond donors (Lipinski definition) is 1. The predicted molar refractivity (Wildman–Crippen MR) is 69.7 cm³/mol. The number of nitrogens with one attached hydrogen (secondary N) is 1. The minimum Gasteiger partial charge on any atom is -0.313 e. The molecule has 0 saturated carbocycles. The van der Waals surface area contributed by atoms with Crippen LogP contribution in [0.3, 0.4) is 0 Å². The molecular formula is C15H23N. The summed E-state index contributed by atoms with van der Waals surface area (Å²) in [6.07, 6.45) is 3.89. The molecule has 1 heterocycles. The third-order valence-corrected chi connectivity index (χ3v) is 4.03. The predicted octanol–water partition coefficient (Wildman–Crippen LogP) is 3.57. The second kappa shape index (κ2) is 5.49.